The number of amides is 1. The number of para-hydroxylation sites is 2. The maximum Gasteiger partial charge on any atom is 0.278 e. The van der Waals surface area contributed by atoms with E-state index in [4.69, 9.17) is 4.74 Å². The van der Waals surface area contributed by atoms with Crippen LogP contribution in [0.5, 0.6) is 5.75 Å². The van der Waals surface area contributed by atoms with Gasteiger partial charge in [0.25, 0.3) is 5.91 Å². The number of nitrogens with one attached hydrogen (secondary N) is 1. The monoisotopic (exact) mass is 272 g/mol. The molecule has 1 amide bonds. The fraction of sp³-hybridized carbons (Fsp3) is 0.214. The molecule has 1 N–H and O–H groups in total. The van der Waals surface area contributed by atoms with Gasteiger partial charge in [0.1, 0.15) is 17.3 Å². The van der Waals surface area contributed by atoms with E-state index in [9.17, 15) is 4.79 Å². The van der Waals surface area contributed by atoms with Crippen LogP contribution in [0.3, 0.4) is 0 Å². The predicted octanol–water partition coefficient (Wildman–Crippen LogP) is 1.80. The molecular formula is C14H16N4O2. The minimum atomic E-state index is -0.251. The predicted molar refractivity (Wildman–Crippen MR) is 77.3 cm³/mol. The third-order valence-corrected chi connectivity index (χ3v) is 2.86. The summed E-state index contributed by atoms with van der Waals surface area (Å²) in [6.07, 6.45) is 3.00. The van der Waals surface area contributed by atoms with Crippen molar-refractivity contribution in [3.05, 3.63) is 42.4 Å². The summed E-state index contributed by atoms with van der Waals surface area (Å²) in [7, 11) is 4.97. The molecule has 2 rings (SSSR count). The zero-order valence-corrected chi connectivity index (χ0v) is 11.6. The Hall–Kier alpha value is -2.63. The van der Waals surface area contributed by atoms with Crippen LogP contribution in [0, 0.1) is 0 Å². The van der Waals surface area contributed by atoms with Crippen molar-refractivity contribution >= 4 is 17.4 Å². The Bertz CT molecular complexity index is 616. The van der Waals surface area contributed by atoms with Gasteiger partial charge in [0.05, 0.1) is 25.2 Å². The molecular weight excluding hydrogens is 256 g/mol. The maximum absolute atomic E-state index is 12.4. The molecule has 2 aromatic rings. The van der Waals surface area contributed by atoms with Crippen LogP contribution in [-0.4, -0.2) is 37.1 Å². The number of hydrogen-bond acceptors (Lipinski definition) is 5. The van der Waals surface area contributed by atoms with Crippen molar-refractivity contribution in [3.63, 3.8) is 0 Å². The number of nitrogens with zero attached hydrogens (tertiary/aromatic N) is 3. The van der Waals surface area contributed by atoms with Gasteiger partial charge in [-0.3, -0.25) is 9.78 Å². The van der Waals surface area contributed by atoms with Gasteiger partial charge in [-0.05, 0) is 12.1 Å². The molecule has 0 aliphatic rings. The SMILES string of the molecule is CNc1cncc(C(=O)N(C)c2ccccc2OC)n1. The number of ether oxygens (including phenoxy) is 1. The molecule has 0 atom stereocenters. The van der Waals surface area contributed by atoms with Gasteiger partial charge < -0.3 is 15.0 Å². The average Bonchev–Trinajstić information content (AvgIpc) is 2.53. The molecule has 0 spiro atoms. The van der Waals surface area contributed by atoms with Gasteiger partial charge in [-0.25, -0.2) is 4.98 Å². The summed E-state index contributed by atoms with van der Waals surface area (Å²) in [6.45, 7) is 0. The number of methoxy groups -OCH3 is 1. The first-order valence-electron chi connectivity index (χ1n) is 6.08. The van der Waals surface area contributed by atoms with Crippen molar-refractivity contribution in [2.24, 2.45) is 0 Å². The standard InChI is InChI=1S/C14H16N4O2/c1-15-13-9-16-8-10(17-13)14(19)18(2)11-6-4-5-7-12(11)20-3/h4-9H,1-3H3,(H,15,17). The van der Waals surface area contributed by atoms with Gasteiger partial charge in [0.15, 0.2) is 0 Å². The van der Waals surface area contributed by atoms with E-state index in [1.165, 1.54) is 11.1 Å². The molecule has 1 aromatic carbocycles. The lowest BCUT2D eigenvalue weighted by Crippen LogP contribution is -2.27. The second kappa shape index (κ2) is 6.01. The molecule has 0 aliphatic carbocycles. The molecule has 0 aliphatic heterocycles. The number of hydrogen-bond donors (Lipinski definition) is 1. The first-order valence-corrected chi connectivity index (χ1v) is 6.08. The molecule has 104 valence electrons. The second-order valence-corrected chi connectivity index (χ2v) is 4.08. The van der Waals surface area contributed by atoms with Gasteiger partial charge in [-0.1, -0.05) is 12.1 Å². The largest absolute Gasteiger partial charge is 0.495 e. The Labute approximate surface area is 117 Å². The summed E-state index contributed by atoms with van der Waals surface area (Å²) in [6, 6.07) is 7.31. The van der Waals surface area contributed by atoms with E-state index in [2.05, 4.69) is 15.3 Å². The fourth-order valence-electron chi connectivity index (χ4n) is 1.78. The zero-order valence-electron chi connectivity index (χ0n) is 11.6. The molecule has 0 saturated carbocycles. The summed E-state index contributed by atoms with van der Waals surface area (Å²) in [5.41, 5.74) is 0.946. The fourth-order valence-corrected chi connectivity index (χ4v) is 1.78. The van der Waals surface area contributed by atoms with Gasteiger partial charge in [-0.2, -0.15) is 0 Å². The van der Waals surface area contributed by atoms with Crippen molar-refractivity contribution in [1.82, 2.24) is 9.97 Å². The van der Waals surface area contributed by atoms with Crippen LogP contribution in [0.2, 0.25) is 0 Å². The first-order chi connectivity index (χ1) is 9.67. The summed E-state index contributed by atoms with van der Waals surface area (Å²) < 4.78 is 5.26. The Morgan fingerprint density at radius 3 is 2.75 bits per heavy atom. The van der Waals surface area contributed by atoms with Gasteiger partial charge in [0.2, 0.25) is 0 Å². The zero-order chi connectivity index (χ0) is 14.5. The van der Waals surface area contributed by atoms with Gasteiger partial charge in [-0.15, -0.1) is 0 Å². The molecule has 0 saturated heterocycles. The molecule has 1 heterocycles. The molecule has 6 nitrogen and oxygen atoms in total. The van der Waals surface area contributed by atoms with Crippen LogP contribution in [0.4, 0.5) is 11.5 Å². The smallest absolute Gasteiger partial charge is 0.278 e. The van der Waals surface area contributed by atoms with Gasteiger partial charge >= 0.3 is 0 Å². The Balaban J connectivity index is 2.32. The molecule has 0 fully saturated rings. The molecule has 0 radical (unpaired) electrons. The highest BCUT2D eigenvalue weighted by Crippen LogP contribution is 2.27. The van der Waals surface area contributed by atoms with Crippen LogP contribution < -0.4 is 15.0 Å². The normalized spacial score (nSPS) is 9.95. The highest BCUT2D eigenvalue weighted by molar-refractivity contribution is 6.05. The van der Waals surface area contributed by atoms with Crippen LogP contribution in [0.15, 0.2) is 36.7 Å². The minimum absolute atomic E-state index is 0.251. The van der Waals surface area contributed by atoms with Crippen LogP contribution in [0.1, 0.15) is 10.5 Å². The Morgan fingerprint density at radius 1 is 1.30 bits per heavy atom. The van der Waals surface area contributed by atoms with E-state index < -0.39 is 0 Å². The second-order valence-electron chi connectivity index (χ2n) is 4.08. The number of anilines is 2. The van der Waals surface area contributed by atoms with Crippen LogP contribution in [0.25, 0.3) is 0 Å². The third kappa shape index (κ3) is 2.69. The molecule has 20 heavy (non-hydrogen) atoms. The number of benzene rings is 1. The summed E-state index contributed by atoms with van der Waals surface area (Å²) >= 11 is 0. The third-order valence-electron chi connectivity index (χ3n) is 2.86. The Kier molecular flexibility index (Phi) is 4.14. The van der Waals surface area contributed by atoms with Gasteiger partial charge in [0, 0.05) is 14.1 Å². The van der Waals surface area contributed by atoms with Crippen molar-refractivity contribution in [2.75, 3.05) is 31.4 Å². The lowest BCUT2D eigenvalue weighted by molar-refractivity contribution is 0.0987. The highest BCUT2D eigenvalue weighted by atomic mass is 16.5. The number of carbonyl (C=O) groups is 1. The Morgan fingerprint density at radius 2 is 2.05 bits per heavy atom. The van der Waals surface area contributed by atoms with Crippen molar-refractivity contribution in [3.8, 4) is 5.75 Å². The molecule has 0 bridgehead atoms. The first kappa shape index (κ1) is 13.8. The maximum atomic E-state index is 12.4. The molecule has 1 aromatic heterocycles. The van der Waals surface area contributed by atoms with Crippen LogP contribution in [-0.2, 0) is 0 Å². The number of carbonyl (C=O) groups excluding carboxylic acids is 1. The molecule has 0 unspecified atom stereocenters. The van der Waals surface area contributed by atoms with Crippen molar-refractivity contribution < 1.29 is 9.53 Å². The van der Waals surface area contributed by atoms with Crippen molar-refractivity contribution in [2.45, 2.75) is 0 Å². The van der Waals surface area contributed by atoms with Crippen LogP contribution >= 0.6 is 0 Å². The topological polar surface area (TPSA) is 67.4 Å². The number of rotatable bonds is 4. The lowest BCUT2D eigenvalue weighted by atomic mass is 10.2. The van der Waals surface area contributed by atoms with E-state index in [0.717, 1.165) is 0 Å². The average molecular weight is 272 g/mol. The highest BCUT2D eigenvalue weighted by Gasteiger charge is 2.18. The van der Waals surface area contributed by atoms with Crippen molar-refractivity contribution in [1.29, 1.82) is 0 Å². The number of aromatic nitrogens is 2. The van der Waals surface area contributed by atoms with E-state index in [0.29, 0.717) is 17.3 Å². The van der Waals surface area contributed by atoms with E-state index in [1.54, 1.807) is 33.5 Å². The van der Waals surface area contributed by atoms with E-state index >= 15 is 0 Å². The summed E-state index contributed by atoms with van der Waals surface area (Å²) in [4.78, 5) is 22.1. The van der Waals surface area contributed by atoms with E-state index in [1.807, 2.05) is 18.2 Å². The quantitative estimate of drug-likeness (QED) is 0.919. The summed E-state index contributed by atoms with van der Waals surface area (Å²) in [5, 5.41) is 2.85. The summed E-state index contributed by atoms with van der Waals surface area (Å²) in [5.74, 6) is 0.921. The lowest BCUT2D eigenvalue weighted by Gasteiger charge is -2.19. The van der Waals surface area contributed by atoms with E-state index in [-0.39, 0.29) is 11.6 Å². The molecule has 6 heteroatoms. The minimum Gasteiger partial charge on any atom is -0.495 e.